The van der Waals surface area contributed by atoms with Gasteiger partial charge in [-0.15, -0.1) is 0 Å². The fourth-order valence-corrected chi connectivity index (χ4v) is 3.63. The first-order valence-corrected chi connectivity index (χ1v) is 9.57. The number of aliphatic carboxylic acids is 1. The van der Waals surface area contributed by atoms with Gasteiger partial charge in [0.25, 0.3) is 0 Å². The minimum atomic E-state index is -1.22. The second-order valence-corrected chi connectivity index (χ2v) is 7.27. The molecule has 0 atom stereocenters. The molecule has 0 unspecified atom stereocenters. The Labute approximate surface area is 176 Å². The number of nitrogens with one attached hydrogen (secondary N) is 1. The Hall–Kier alpha value is -3.64. The molecule has 0 bridgehead atoms. The van der Waals surface area contributed by atoms with Crippen LogP contribution < -0.4 is 10.7 Å². The monoisotopic (exact) mass is 421 g/mol. The zero-order valence-electron chi connectivity index (χ0n) is 15.6. The zero-order valence-corrected chi connectivity index (χ0v) is 16.4. The van der Waals surface area contributed by atoms with E-state index in [1.165, 1.54) is 0 Å². The summed E-state index contributed by atoms with van der Waals surface area (Å²) in [4.78, 5) is 35.3. The molecule has 1 amide bonds. The molecule has 6 nitrogen and oxygen atoms in total. The fraction of sp³-hybridized carbons (Fsp3) is 0.0870. The van der Waals surface area contributed by atoms with E-state index in [9.17, 15) is 14.4 Å². The van der Waals surface area contributed by atoms with E-state index in [2.05, 4.69) is 5.32 Å². The Bertz CT molecular complexity index is 1300. The van der Waals surface area contributed by atoms with Crippen molar-refractivity contribution in [3.8, 4) is 0 Å². The number of benzene rings is 2. The molecule has 30 heavy (non-hydrogen) atoms. The standard InChI is InChI=1S/C23H16ClNO5/c24-15-3-1-2-13(11-15)10-14-4-6-18-22(29)17-7-5-16(12-19(17)30-23(14)18)25-20(26)8-9-21(27)28/h1-3,5,7-12H,4,6H2,(H,25,26)(H,27,28). The van der Waals surface area contributed by atoms with Gasteiger partial charge in [-0.25, -0.2) is 4.79 Å². The summed E-state index contributed by atoms with van der Waals surface area (Å²) >= 11 is 6.06. The summed E-state index contributed by atoms with van der Waals surface area (Å²) in [6.07, 6.45) is 4.89. The number of carboxylic acids is 1. The lowest BCUT2D eigenvalue weighted by Gasteiger charge is -2.07. The minimum Gasteiger partial charge on any atom is -0.478 e. The van der Waals surface area contributed by atoms with Crippen LogP contribution >= 0.6 is 11.6 Å². The molecule has 1 aliphatic rings. The van der Waals surface area contributed by atoms with E-state index in [4.69, 9.17) is 21.1 Å². The van der Waals surface area contributed by atoms with Crippen LogP contribution in [-0.4, -0.2) is 17.0 Å². The molecule has 2 N–H and O–H groups in total. The summed E-state index contributed by atoms with van der Waals surface area (Å²) in [5.74, 6) is -1.27. The Balaban J connectivity index is 1.72. The van der Waals surface area contributed by atoms with Gasteiger partial charge >= 0.3 is 5.97 Å². The van der Waals surface area contributed by atoms with Crippen LogP contribution in [0.15, 0.2) is 63.8 Å². The molecule has 4 rings (SSSR count). The SMILES string of the molecule is O=C(O)C=CC(=O)Nc1ccc2c(=O)c3c(oc2c1)C(=Cc1cccc(Cl)c1)CC3. The highest BCUT2D eigenvalue weighted by atomic mass is 35.5. The number of carbonyl (C=O) groups is 2. The van der Waals surface area contributed by atoms with E-state index < -0.39 is 11.9 Å². The molecule has 0 aliphatic heterocycles. The van der Waals surface area contributed by atoms with Gasteiger partial charge in [0.15, 0.2) is 5.43 Å². The lowest BCUT2D eigenvalue weighted by atomic mass is 10.1. The molecular weight excluding hydrogens is 406 g/mol. The van der Waals surface area contributed by atoms with Gasteiger partial charge < -0.3 is 14.8 Å². The van der Waals surface area contributed by atoms with Gasteiger partial charge in [0.2, 0.25) is 5.91 Å². The number of amides is 1. The molecule has 0 spiro atoms. The maximum atomic E-state index is 12.9. The molecule has 0 saturated heterocycles. The number of hydrogen-bond acceptors (Lipinski definition) is 4. The van der Waals surface area contributed by atoms with Crippen molar-refractivity contribution in [1.82, 2.24) is 0 Å². The molecule has 3 aromatic rings. The molecule has 1 aliphatic carbocycles. The number of allylic oxidation sites excluding steroid dienone is 1. The third-order valence-corrected chi connectivity index (χ3v) is 4.99. The van der Waals surface area contributed by atoms with Crippen LogP contribution in [0.2, 0.25) is 5.02 Å². The average Bonchev–Trinajstić information content (AvgIpc) is 3.09. The molecule has 2 aromatic carbocycles. The summed E-state index contributed by atoms with van der Waals surface area (Å²) in [6.45, 7) is 0. The van der Waals surface area contributed by atoms with Crippen molar-refractivity contribution in [2.24, 2.45) is 0 Å². The predicted octanol–water partition coefficient (Wildman–Crippen LogP) is 4.51. The first-order valence-electron chi connectivity index (χ1n) is 9.19. The highest BCUT2D eigenvalue weighted by Gasteiger charge is 2.24. The number of carbonyl (C=O) groups excluding carboxylic acids is 1. The van der Waals surface area contributed by atoms with E-state index in [1.54, 1.807) is 24.3 Å². The van der Waals surface area contributed by atoms with Gasteiger partial charge in [-0.05, 0) is 54.3 Å². The summed E-state index contributed by atoms with van der Waals surface area (Å²) in [6, 6.07) is 12.1. The van der Waals surface area contributed by atoms with Crippen LogP contribution in [0.5, 0.6) is 0 Å². The first kappa shape index (κ1) is 19.7. The lowest BCUT2D eigenvalue weighted by Crippen LogP contribution is -2.11. The zero-order chi connectivity index (χ0) is 21.3. The lowest BCUT2D eigenvalue weighted by molar-refractivity contribution is -0.131. The van der Waals surface area contributed by atoms with E-state index in [0.717, 1.165) is 23.3 Å². The van der Waals surface area contributed by atoms with Gasteiger partial charge in [0.1, 0.15) is 11.3 Å². The maximum absolute atomic E-state index is 12.9. The van der Waals surface area contributed by atoms with Crippen molar-refractivity contribution in [3.63, 3.8) is 0 Å². The third-order valence-electron chi connectivity index (χ3n) is 4.76. The summed E-state index contributed by atoms with van der Waals surface area (Å²) in [7, 11) is 0. The Morgan fingerprint density at radius 1 is 1.10 bits per heavy atom. The predicted molar refractivity (Wildman–Crippen MR) is 116 cm³/mol. The number of fused-ring (bicyclic) bond motifs is 2. The second kappa shape index (κ2) is 8.00. The minimum absolute atomic E-state index is 0.0932. The van der Waals surface area contributed by atoms with Crippen molar-refractivity contribution < 1.29 is 19.1 Å². The summed E-state index contributed by atoms with van der Waals surface area (Å²) < 4.78 is 6.06. The van der Waals surface area contributed by atoms with Crippen molar-refractivity contribution in [2.75, 3.05) is 5.32 Å². The molecule has 0 saturated carbocycles. The van der Waals surface area contributed by atoms with Gasteiger partial charge in [0.05, 0.1) is 5.39 Å². The normalized spacial score (nSPS) is 14.4. The Morgan fingerprint density at radius 3 is 2.70 bits per heavy atom. The largest absolute Gasteiger partial charge is 0.478 e. The molecule has 1 aromatic heterocycles. The van der Waals surface area contributed by atoms with Crippen molar-refractivity contribution in [3.05, 3.63) is 86.7 Å². The number of halogens is 1. The van der Waals surface area contributed by atoms with E-state index in [-0.39, 0.29) is 5.43 Å². The first-order chi connectivity index (χ1) is 14.4. The third kappa shape index (κ3) is 4.04. The molecular formula is C23H16ClNO5. The van der Waals surface area contributed by atoms with Crippen LogP contribution in [0, 0.1) is 0 Å². The highest BCUT2D eigenvalue weighted by molar-refractivity contribution is 6.30. The van der Waals surface area contributed by atoms with Crippen LogP contribution in [-0.2, 0) is 16.0 Å². The van der Waals surface area contributed by atoms with E-state index in [0.29, 0.717) is 45.8 Å². The number of rotatable bonds is 4. The molecule has 0 fully saturated rings. The summed E-state index contributed by atoms with van der Waals surface area (Å²) in [5, 5.41) is 12.2. The number of hydrogen-bond donors (Lipinski definition) is 2. The maximum Gasteiger partial charge on any atom is 0.328 e. The Morgan fingerprint density at radius 2 is 1.93 bits per heavy atom. The number of carboxylic acid groups (broad SMARTS) is 1. The molecule has 1 heterocycles. The quantitative estimate of drug-likeness (QED) is 0.604. The van der Waals surface area contributed by atoms with Crippen LogP contribution in [0.3, 0.4) is 0 Å². The second-order valence-electron chi connectivity index (χ2n) is 6.84. The van der Waals surface area contributed by atoms with Gasteiger partial charge in [-0.1, -0.05) is 23.7 Å². The van der Waals surface area contributed by atoms with Crippen LogP contribution in [0.1, 0.15) is 23.3 Å². The summed E-state index contributed by atoms with van der Waals surface area (Å²) in [5.41, 5.74) is 3.10. The smallest absolute Gasteiger partial charge is 0.328 e. The van der Waals surface area contributed by atoms with Crippen molar-refractivity contribution >= 4 is 51.8 Å². The topological polar surface area (TPSA) is 96.6 Å². The van der Waals surface area contributed by atoms with Gasteiger partial charge in [-0.2, -0.15) is 0 Å². The Kier molecular flexibility index (Phi) is 5.25. The van der Waals surface area contributed by atoms with Gasteiger partial charge in [-0.3, -0.25) is 9.59 Å². The molecule has 150 valence electrons. The van der Waals surface area contributed by atoms with Crippen molar-refractivity contribution in [1.29, 1.82) is 0 Å². The van der Waals surface area contributed by atoms with Crippen LogP contribution in [0.4, 0.5) is 5.69 Å². The van der Waals surface area contributed by atoms with Crippen LogP contribution in [0.25, 0.3) is 22.6 Å². The fourth-order valence-electron chi connectivity index (χ4n) is 3.44. The van der Waals surface area contributed by atoms with E-state index >= 15 is 0 Å². The van der Waals surface area contributed by atoms with Crippen molar-refractivity contribution in [2.45, 2.75) is 12.8 Å². The molecule has 7 heteroatoms. The number of anilines is 1. The van der Waals surface area contributed by atoms with E-state index in [1.807, 2.05) is 24.3 Å². The average molecular weight is 422 g/mol. The highest BCUT2D eigenvalue weighted by Crippen LogP contribution is 2.34. The molecule has 0 radical (unpaired) electrons. The van der Waals surface area contributed by atoms with Gasteiger partial charge in [0, 0.05) is 34.5 Å².